The number of hydrogen-bond acceptors (Lipinski definition) is 11. The van der Waals surface area contributed by atoms with Crippen LogP contribution in [0.2, 0.25) is 0 Å². The molecular formula is C32H40N8O4S. The van der Waals surface area contributed by atoms with Gasteiger partial charge >= 0.3 is 0 Å². The maximum absolute atomic E-state index is 13.0. The Balaban J connectivity index is 1.11. The molecule has 0 aliphatic heterocycles. The van der Waals surface area contributed by atoms with Crippen LogP contribution in [0.25, 0.3) is 11.2 Å². The van der Waals surface area contributed by atoms with Crippen LogP contribution in [-0.2, 0) is 11.2 Å². The van der Waals surface area contributed by atoms with Crippen LogP contribution >= 0.6 is 11.8 Å². The van der Waals surface area contributed by atoms with Gasteiger partial charge in [-0.1, -0.05) is 66.4 Å². The van der Waals surface area contributed by atoms with Gasteiger partial charge in [0.05, 0.1) is 25.2 Å². The Bertz CT molecular complexity index is 1590. The van der Waals surface area contributed by atoms with Gasteiger partial charge in [0.1, 0.15) is 11.9 Å². The number of thioether (sulfide) groups is 1. The number of aliphatic hydroxyl groups is 2. The van der Waals surface area contributed by atoms with Crippen molar-refractivity contribution >= 4 is 34.7 Å². The molecule has 45 heavy (non-hydrogen) atoms. The standard InChI is InChI=1S/C32H40N8O4S/c1-3-16-45-32-35-29(34-24-17-22(24)20-9-5-4-6-10-20)26-30(36-32)40(39-37-26)25-18-23(27(41)28(25)42)31(43)38-33-15-7-8-19-11-13-21(44-2)14-12-19/h4-6,9-14,22-25,27-28,33,41-42H,3,7-8,15-18H2,1-2H3,(H,38,43)(H,34,35,36). The highest BCUT2D eigenvalue weighted by Gasteiger charge is 2.47. The summed E-state index contributed by atoms with van der Waals surface area (Å²) in [5.41, 5.74) is 9.09. The van der Waals surface area contributed by atoms with Crippen molar-refractivity contribution in [3.8, 4) is 5.75 Å². The third-order valence-corrected chi connectivity index (χ3v) is 9.57. The van der Waals surface area contributed by atoms with E-state index in [1.54, 1.807) is 23.6 Å². The minimum atomic E-state index is -1.26. The summed E-state index contributed by atoms with van der Waals surface area (Å²) >= 11 is 1.55. The first kappa shape index (κ1) is 31.2. The zero-order chi connectivity index (χ0) is 31.3. The normalized spacial score (nSPS) is 24.1. The fraction of sp³-hybridized carbons (Fsp3) is 0.469. The fourth-order valence-electron chi connectivity index (χ4n) is 5.92. The molecule has 2 aliphatic carbocycles. The van der Waals surface area contributed by atoms with E-state index in [0.717, 1.165) is 37.2 Å². The van der Waals surface area contributed by atoms with Crippen LogP contribution < -0.4 is 20.9 Å². The van der Waals surface area contributed by atoms with Crippen LogP contribution in [0.15, 0.2) is 59.8 Å². The molecule has 0 spiro atoms. The number of carbonyl (C=O) groups is 1. The Morgan fingerprint density at radius 2 is 1.87 bits per heavy atom. The molecule has 12 nitrogen and oxygen atoms in total. The van der Waals surface area contributed by atoms with Gasteiger partial charge < -0.3 is 20.3 Å². The summed E-state index contributed by atoms with van der Waals surface area (Å²) in [5, 5.41) is 34.9. The minimum absolute atomic E-state index is 0.184. The Morgan fingerprint density at radius 1 is 1.07 bits per heavy atom. The molecule has 2 saturated carbocycles. The van der Waals surface area contributed by atoms with Gasteiger partial charge in [0, 0.05) is 24.3 Å². The lowest BCUT2D eigenvalue weighted by Gasteiger charge is -2.17. The molecule has 1 amide bonds. The molecule has 6 rings (SSSR count). The number of aryl methyl sites for hydroxylation is 1. The summed E-state index contributed by atoms with van der Waals surface area (Å²) in [7, 11) is 1.64. The number of hydrogen-bond donors (Lipinski definition) is 5. The Kier molecular flexibility index (Phi) is 9.79. The van der Waals surface area contributed by atoms with E-state index in [1.807, 2.05) is 42.5 Å². The number of aliphatic hydroxyl groups excluding tert-OH is 2. The van der Waals surface area contributed by atoms with E-state index in [-0.39, 0.29) is 18.4 Å². The molecule has 238 valence electrons. The molecule has 0 saturated heterocycles. The van der Waals surface area contributed by atoms with Crippen LogP contribution in [0.3, 0.4) is 0 Å². The molecule has 2 fully saturated rings. The predicted octanol–water partition coefficient (Wildman–Crippen LogP) is 3.24. The van der Waals surface area contributed by atoms with Crippen molar-refractivity contribution in [3.05, 3.63) is 65.7 Å². The van der Waals surface area contributed by atoms with Gasteiger partial charge in [-0.25, -0.2) is 20.1 Å². The lowest BCUT2D eigenvalue weighted by molar-refractivity contribution is -0.129. The number of aromatic nitrogens is 5. The number of hydrazine groups is 1. The van der Waals surface area contributed by atoms with Crippen LogP contribution in [-0.4, -0.2) is 78.7 Å². The van der Waals surface area contributed by atoms with Gasteiger partial charge in [-0.05, 0) is 55.4 Å². The van der Waals surface area contributed by atoms with Gasteiger partial charge in [0.2, 0.25) is 5.91 Å². The second-order valence-corrected chi connectivity index (χ2v) is 12.7. The van der Waals surface area contributed by atoms with E-state index in [2.05, 4.69) is 45.5 Å². The monoisotopic (exact) mass is 632 g/mol. The number of benzene rings is 2. The molecule has 2 aliphatic rings. The molecule has 0 radical (unpaired) electrons. The van der Waals surface area contributed by atoms with Crippen LogP contribution in [0.4, 0.5) is 5.82 Å². The number of fused-ring (bicyclic) bond motifs is 1. The molecular weight excluding hydrogens is 592 g/mol. The largest absolute Gasteiger partial charge is 0.497 e. The summed E-state index contributed by atoms with van der Waals surface area (Å²) in [6, 6.07) is 17.8. The highest BCUT2D eigenvalue weighted by atomic mass is 32.2. The van der Waals surface area contributed by atoms with Gasteiger partial charge in [-0.3, -0.25) is 10.2 Å². The SMILES string of the molecule is CCCSc1nc(NC2CC2c2ccccc2)c2nnn(C3CC(C(=O)NNCCCc4ccc(OC)cc4)C(O)C3O)c2n1. The van der Waals surface area contributed by atoms with E-state index in [0.29, 0.717) is 34.6 Å². The van der Waals surface area contributed by atoms with Gasteiger partial charge in [0.25, 0.3) is 0 Å². The first-order chi connectivity index (χ1) is 22.0. The minimum Gasteiger partial charge on any atom is -0.497 e. The molecule has 2 aromatic carbocycles. The highest BCUT2D eigenvalue weighted by molar-refractivity contribution is 7.99. The van der Waals surface area contributed by atoms with Crippen LogP contribution in [0, 0.1) is 5.92 Å². The third kappa shape index (κ3) is 7.06. The van der Waals surface area contributed by atoms with Gasteiger partial charge in [-0.2, -0.15) is 0 Å². The molecule has 2 heterocycles. The van der Waals surface area contributed by atoms with E-state index in [1.165, 1.54) is 11.1 Å². The number of nitrogens with one attached hydrogen (secondary N) is 3. The number of amides is 1. The summed E-state index contributed by atoms with van der Waals surface area (Å²) in [5.74, 6) is 1.45. The Hall–Kier alpha value is -3.78. The molecule has 0 bridgehead atoms. The molecule has 5 N–H and O–H groups in total. The second-order valence-electron chi connectivity index (χ2n) is 11.7. The lowest BCUT2D eigenvalue weighted by atomic mass is 10.1. The van der Waals surface area contributed by atoms with Crippen LogP contribution in [0.5, 0.6) is 5.75 Å². The zero-order valence-electron chi connectivity index (χ0n) is 25.5. The maximum atomic E-state index is 13.0. The van der Waals surface area contributed by atoms with Crippen molar-refractivity contribution in [2.24, 2.45) is 5.92 Å². The lowest BCUT2D eigenvalue weighted by Crippen LogP contribution is -2.45. The number of carbonyl (C=O) groups excluding carboxylic acids is 1. The molecule has 4 aromatic rings. The molecule has 6 atom stereocenters. The number of rotatable bonds is 14. The van der Waals surface area contributed by atoms with Crippen molar-refractivity contribution in [2.75, 3.05) is 24.7 Å². The van der Waals surface area contributed by atoms with Crippen molar-refractivity contribution in [2.45, 2.75) is 74.4 Å². The molecule has 6 unspecified atom stereocenters. The topological polar surface area (TPSA) is 159 Å². The van der Waals surface area contributed by atoms with Crippen molar-refractivity contribution < 1.29 is 19.7 Å². The predicted molar refractivity (Wildman–Crippen MR) is 172 cm³/mol. The van der Waals surface area contributed by atoms with Crippen LogP contribution in [0.1, 0.15) is 55.7 Å². The molecule has 13 heteroatoms. The number of nitrogens with zero attached hydrogens (tertiary/aromatic N) is 5. The molecule has 2 aromatic heterocycles. The Labute approximate surface area is 266 Å². The summed E-state index contributed by atoms with van der Waals surface area (Å²) in [4.78, 5) is 22.6. The van der Waals surface area contributed by atoms with Crippen molar-refractivity contribution in [1.29, 1.82) is 0 Å². The third-order valence-electron chi connectivity index (χ3n) is 8.52. The van der Waals surface area contributed by atoms with Crippen molar-refractivity contribution in [3.63, 3.8) is 0 Å². The van der Waals surface area contributed by atoms with E-state index >= 15 is 0 Å². The first-order valence-corrected chi connectivity index (χ1v) is 16.5. The smallest absolute Gasteiger partial charge is 0.239 e. The fourth-order valence-corrected chi connectivity index (χ4v) is 6.61. The summed E-state index contributed by atoms with van der Waals surface area (Å²) in [6.45, 7) is 2.65. The second kappa shape index (κ2) is 14.1. The summed E-state index contributed by atoms with van der Waals surface area (Å²) < 4.78 is 6.74. The number of anilines is 1. The number of methoxy groups -OCH3 is 1. The highest BCUT2D eigenvalue weighted by Crippen LogP contribution is 2.43. The quantitative estimate of drug-likeness (QED) is 0.0601. The maximum Gasteiger partial charge on any atom is 0.239 e. The van der Waals surface area contributed by atoms with E-state index < -0.39 is 24.2 Å². The summed E-state index contributed by atoms with van der Waals surface area (Å²) in [6.07, 6.45) is 1.29. The van der Waals surface area contributed by atoms with Crippen molar-refractivity contribution in [1.82, 2.24) is 35.8 Å². The number of ether oxygens (including phenoxy) is 1. The average Bonchev–Trinajstić information content (AvgIpc) is 3.61. The van der Waals surface area contributed by atoms with Gasteiger partial charge in [0.15, 0.2) is 22.1 Å². The zero-order valence-corrected chi connectivity index (χ0v) is 26.3. The van der Waals surface area contributed by atoms with E-state index in [4.69, 9.17) is 14.7 Å². The van der Waals surface area contributed by atoms with E-state index in [9.17, 15) is 15.0 Å². The van der Waals surface area contributed by atoms with Gasteiger partial charge in [-0.15, -0.1) is 5.10 Å². The Morgan fingerprint density at radius 3 is 2.62 bits per heavy atom. The first-order valence-electron chi connectivity index (χ1n) is 15.6. The average molecular weight is 633 g/mol.